The van der Waals surface area contributed by atoms with Crippen molar-refractivity contribution in [1.82, 2.24) is 10.2 Å². The molecular formula is C22H32N4O2. The molecule has 6 nitrogen and oxygen atoms in total. The van der Waals surface area contributed by atoms with Crippen molar-refractivity contribution in [3.63, 3.8) is 0 Å². The van der Waals surface area contributed by atoms with Crippen LogP contribution in [0.4, 0.5) is 0 Å². The molecule has 0 heterocycles. The van der Waals surface area contributed by atoms with Crippen LogP contribution in [0.15, 0.2) is 53.5 Å². The topological polar surface area (TPSA) is 72.1 Å². The van der Waals surface area contributed by atoms with Gasteiger partial charge in [0.1, 0.15) is 0 Å². The van der Waals surface area contributed by atoms with E-state index in [1.165, 1.54) is 5.56 Å². The molecule has 2 rings (SSSR count). The smallest absolute Gasteiger partial charge is 0.188 e. The van der Waals surface area contributed by atoms with Crippen LogP contribution in [0.2, 0.25) is 0 Å². The number of hydrogen-bond donors (Lipinski definition) is 2. The molecule has 0 aromatic heterocycles. The summed E-state index contributed by atoms with van der Waals surface area (Å²) in [6.07, 6.45) is 0.819. The summed E-state index contributed by atoms with van der Waals surface area (Å²) in [6.45, 7) is 4.41. The second-order valence-corrected chi connectivity index (χ2v) is 6.84. The largest absolute Gasteiger partial charge is 0.493 e. The molecule has 3 N–H and O–H groups in total. The SMILES string of the molecule is COc1ccc(CCNC(N)=NCC(C)N(C)Cc2ccccc2)cc1OC. The minimum absolute atomic E-state index is 0.298. The first-order chi connectivity index (χ1) is 13.5. The maximum atomic E-state index is 6.02. The molecule has 1 atom stereocenters. The van der Waals surface area contributed by atoms with Crippen LogP contribution in [0.1, 0.15) is 18.1 Å². The summed E-state index contributed by atoms with van der Waals surface area (Å²) < 4.78 is 10.6. The van der Waals surface area contributed by atoms with Gasteiger partial charge in [0.15, 0.2) is 17.5 Å². The van der Waals surface area contributed by atoms with Crippen molar-refractivity contribution in [1.29, 1.82) is 0 Å². The summed E-state index contributed by atoms with van der Waals surface area (Å²) in [7, 11) is 5.38. The van der Waals surface area contributed by atoms with Gasteiger partial charge in [0.25, 0.3) is 0 Å². The van der Waals surface area contributed by atoms with Crippen molar-refractivity contribution in [2.24, 2.45) is 10.7 Å². The Kier molecular flexibility index (Phi) is 8.62. The van der Waals surface area contributed by atoms with Crippen molar-refractivity contribution in [2.45, 2.75) is 25.9 Å². The molecule has 0 radical (unpaired) electrons. The first kappa shape index (κ1) is 21.6. The molecule has 6 heteroatoms. The highest BCUT2D eigenvalue weighted by molar-refractivity contribution is 5.77. The molecule has 0 bridgehead atoms. The van der Waals surface area contributed by atoms with Crippen LogP contribution in [0, 0.1) is 0 Å². The summed E-state index contributed by atoms with van der Waals surface area (Å²) in [6, 6.07) is 16.6. The third-order valence-corrected chi connectivity index (χ3v) is 4.72. The van der Waals surface area contributed by atoms with Crippen molar-refractivity contribution < 1.29 is 9.47 Å². The van der Waals surface area contributed by atoms with Gasteiger partial charge in [-0.15, -0.1) is 0 Å². The van der Waals surface area contributed by atoms with E-state index < -0.39 is 0 Å². The maximum absolute atomic E-state index is 6.02. The van der Waals surface area contributed by atoms with Gasteiger partial charge >= 0.3 is 0 Å². The number of ether oxygens (including phenoxy) is 2. The van der Waals surface area contributed by atoms with Crippen molar-refractivity contribution in [3.05, 3.63) is 59.7 Å². The summed E-state index contributed by atoms with van der Waals surface area (Å²) in [5.74, 6) is 1.94. The van der Waals surface area contributed by atoms with Gasteiger partial charge in [-0.05, 0) is 43.7 Å². The number of nitrogens with two attached hydrogens (primary N) is 1. The summed E-state index contributed by atoms with van der Waals surface area (Å²) in [5.41, 5.74) is 8.46. The maximum Gasteiger partial charge on any atom is 0.188 e. The highest BCUT2D eigenvalue weighted by atomic mass is 16.5. The van der Waals surface area contributed by atoms with E-state index in [0.29, 0.717) is 25.1 Å². The lowest BCUT2D eigenvalue weighted by Gasteiger charge is -2.23. The molecular weight excluding hydrogens is 352 g/mol. The minimum atomic E-state index is 0.298. The zero-order chi connectivity index (χ0) is 20.4. The van der Waals surface area contributed by atoms with Crippen LogP contribution in [-0.2, 0) is 13.0 Å². The molecule has 0 spiro atoms. The van der Waals surface area contributed by atoms with Crippen LogP contribution in [0.5, 0.6) is 11.5 Å². The lowest BCUT2D eigenvalue weighted by molar-refractivity contribution is 0.255. The highest BCUT2D eigenvalue weighted by Gasteiger charge is 2.09. The van der Waals surface area contributed by atoms with E-state index in [-0.39, 0.29) is 0 Å². The Hall–Kier alpha value is -2.73. The quantitative estimate of drug-likeness (QED) is 0.487. The fraction of sp³-hybridized carbons (Fsp3) is 0.409. The molecule has 0 fully saturated rings. The van der Waals surface area contributed by atoms with Crippen LogP contribution < -0.4 is 20.5 Å². The predicted molar refractivity (Wildman–Crippen MR) is 115 cm³/mol. The third kappa shape index (κ3) is 6.78. The summed E-state index contributed by atoms with van der Waals surface area (Å²) >= 11 is 0. The zero-order valence-corrected chi connectivity index (χ0v) is 17.3. The predicted octanol–water partition coefficient (Wildman–Crippen LogP) is 2.67. The van der Waals surface area contributed by atoms with Gasteiger partial charge in [-0.1, -0.05) is 36.4 Å². The normalized spacial score (nSPS) is 12.7. The van der Waals surface area contributed by atoms with Gasteiger partial charge in [0.2, 0.25) is 0 Å². The summed E-state index contributed by atoms with van der Waals surface area (Å²) in [5, 5.41) is 3.18. The fourth-order valence-corrected chi connectivity index (χ4v) is 2.82. The number of methoxy groups -OCH3 is 2. The molecule has 0 saturated heterocycles. The number of nitrogens with one attached hydrogen (secondary N) is 1. The molecule has 152 valence electrons. The Morgan fingerprint density at radius 1 is 1.07 bits per heavy atom. The van der Waals surface area contributed by atoms with E-state index in [9.17, 15) is 0 Å². The van der Waals surface area contributed by atoms with Crippen LogP contribution >= 0.6 is 0 Å². The van der Waals surface area contributed by atoms with Gasteiger partial charge < -0.3 is 20.5 Å². The van der Waals surface area contributed by atoms with Gasteiger partial charge in [0.05, 0.1) is 20.8 Å². The molecule has 0 aliphatic heterocycles. The fourth-order valence-electron chi connectivity index (χ4n) is 2.82. The first-order valence-corrected chi connectivity index (χ1v) is 9.52. The Bertz CT molecular complexity index is 749. The number of nitrogens with zero attached hydrogens (tertiary/aromatic N) is 2. The van der Waals surface area contributed by atoms with Gasteiger partial charge in [-0.3, -0.25) is 9.89 Å². The van der Waals surface area contributed by atoms with Crippen LogP contribution in [0.25, 0.3) is 0 Å². The van der Waals surface area contributed by atoms with Crippen molar-refractivity contribution in [2.75, 3.05) is 34.4 Å². The highest BCUT2D eigenvalue weighted by Crippen LogP contribution is 2.27. The van der Waals surface area contributed by atoms with E-state index in [1.54, 1.807) is 14.2 Å². The van der Waals surface area contributed by atoms with E-state index in [4.69, 9.17) is 15.2 Å². The molecule has 2 aromatic rings. The first-order valence-electron chi connectivity index (χ1n) is 9.52. The standard InChI is InChI=1S/C22H32N4O2/c1-17(26(2)16-19-8-6-5-7-9-19)15-25-22(23)24-13-12-18-10-11-20(27-3)21(14-18)28-4/h5-11,14,17H,12-13,15-16H2,1-4H3,(H3,23,24,25). The Balaban J connectivity index is 1.76. The monoisotopic (exact) mass is 384 g/mol. The molecule has 0 aliphatic rings. The average Bonchev–Trinajstić information content (AvgIpc) is 2.72. The minimum Gasteiger partial charge on any atom is -0.493 e. The number of benzene rings is 2. The Morgan fingerprint density at radius 2 is 1.79 bits per heavy atom. The molecule has 2 aromatic carbocycles. The number of guanidine groups is 1. The average molecular weight is 385 g/mol. The van der Waals surface area contributed by atoms with Gasteiger partial charge in [-0.25, -0.2) is 0 Å². The number of hydrogen-bond acceptors (Lipinski definition) is 4. The van der Waals surface area contributed by atoms with E-state index in [2.05, 4.69) is 53.4 Å². The Morgan fingerprint density at radius 3 is 2.46 bits per heavy atom. The van der Waals surface area contributed by atoms with Crippen molar-refractivity contribution in [3.8, 4) is 11.5 Å². The second kappa shape index (κ2) is 11.2. The molecule has 0 aliphatic carbocycles. The molecule has 0 amide bonds. The van der Waals surface area contributed by atoms with Gasteiger partial charge in [0, 0.05) is 19.1 Å². The van der Waals surface area contributed by atoms with Crippen LogP contribution in [0.3, 0.4) is 0 Å². The number of likely N-dealkylation sites (N-methyl/N-ethyl adjacent to an activating group) is 1. The number of aliphatic imine (C=N–C) groups is 1. The Labute approximate surface area is 168 Å². The van der Waals surface area contributed by atoms with E-state index >= 15 is 0 Å². The summed E-state index contributed by atoms with van der Waals surface area (Å²) in [4.78, 5) is 6.75. The lowest BCUT2D eigenvalue weighted by Crippen LogP contribution is -2.36. The van der Waals surface area contributed by atoms with Gasteiger partial charge in [-0.2, -0.15) is 0 Å². The van der Waals surface area contributed by atoms with Crippen molar-refractivity contribution >= 4 is 5.96 Å². The van der Waals surface area contributed by atoms with Crippen LogP contribution in [-0.4, -0.2) is 51.3 Å². The molecule has 28 heavy (non-hydrogen) atoms. The number of rotatable bonds is 10. The van der Waals surface area contributed by atoms with E-state index in [0.717, 1.165) is 30.0 Å². The molecule has 1 unspecified atom stereocenters. The zero-order valence-electron chi connectivity index (χ0n) is 17.3. The molecule has 0 saturated carbocycles. The second-order valence-electron chi connectivity index (χ2n) is 6.84. The van der Waals surface area contributed by atoms with E-state index in [1.807, 2.05) is 24.3 Å². The third-order valence-electron chi connectivity index (χ3n) is 4.72. The lowest BCUT2D eigenvalue weighted by atomic mass is 10.1.